The number of piperidine rings is 2. The Bertz CT molecular complexity index is 2420. The predicted octanol–water partition coefficient (Wildman–Crippen LogP) is 6.37. The zero-order valence-corrected chi connectivity index (χ0v) is 35.9. The Morgan fingerprint density at radius 2 is 1.59 bits per heavy atom. The fourth-order valence-electron chi connectivity index (χ4n) is 10.8. The van der Waals surface area contributed by atoms with Gasteiger partial charge in [-0.05, 0) is 73.7 Å². The summed E-state index contributed by atoms with van der Waals surface area (Å²) in [4.78, 5) is 59.8. The van der Waals surface area contributed by atoms with Gasteiger partial charge in [-0.25, -0.2) is 0 Å². The van der Waals surface area contributed by atoms with E-state index < -0.39 is 11.9 Å². The van der Waals surface area contributed by atoms with Crippen LogP contribution < -0.4 is 25.2 Å². The molecule has 61 heavy (non-hydrogen) atoms. The summed E-state index contributed by atoms with van der Waals surface area (Å²) >= 11 is 6.26. The van der Waals surface area contributed by atoms with Crippen molar-refractivity contribution in [3.8, 4) is 11.8 Å². The Morgan fingerprint density at radius 3 is 2.26 bits per heavy atom. The number of piperazine rings is 1. The number of nitriles is 1. The van der Waals surface area contributed by atoms with Crippen molar-refractivity contribution in [3.05, 3.63) is 88.1 Å². The molecule has 3 saturated heterocycles. The molecule has 1 aromatic heterocycles. The van der Waals surface area contributed by atoms with Gasteiger partial charge in [0.05, 0.1) is 17.1 Å². The number of nitrogens with one attached hydrogen (secondary N) is 2. The smallest absolute Gasteiger partial charge is 0.290 e. The highest BCUT2D eigenvalue weighted by Crippen LogP contribution is 2.55. The molecule has 318 valence electrons. The summed E-state index contributed by atoms with van der Waals surface area (Å²) in [7, 11) is 0. The maximum absolute atomic E-state index is 13.5. The summed E-state index contributed by atoms with van der Waals surface area (Å²) < 4.78 is 12.5. The van der Waals surface area contributed by atoms with Crippen LogP contribution in [0.15, 0.2) is 65.1 Å². The van der Waals surface area contributed by atoms with Crippen LogP contribution in [-0.4, -0.2) is 97.4 Å². The molecule has 4 amide bonds. The lowest BCUT2D eigenvalue weighted by Crippen LogP contribution is -2.74. The first-order chi connectivity index (χ1) is 29.2. The molecular formula is C47H52ClN7O6. The van der Waals surface area contributed by atoms with Crippen molar-refractivity contribution in [2.24, 2.45) is 16.7 Å². The molecule has 5 aliphatic rings. The lowest BCUT2D eigenvalue weighted by Gasteiger charge is -2.63. The van der Waals surface area contributed by atoms with Crippen LogP contribution in [0, 0.1) is 28.1 Å². The van der Waals surface area contributed by atoms with Crippen molar-refractivity contribution in [3.63, 3.8) is 0 Å². The van der Waals surface area contributed by atoms with Crippen LogP contribution in [-0.2, 0) is 16.1 Å². The van der Waals surface area contributed by atoms with E-state index in [1.165, 1.54) is 4.90 Å². The Morgan fingerprint density at radius 1 is 0.902 bits per heavy atom. The second-order valence-corrected chi connectivity index (χ2v) is 19.0. The van der Waals surface area contributed by atoms with E-state index in [2.05, 4.69) is 77.3 Å². The maximum atomic E-state index is 13.5. The second-order valence-electron chi connectivity index (χ2n) is 18.6. The van der Waals surface area contributed by atoms with Crippen LogP contribution in [0.3, 0.4) is 0 Å². The number of hydrogen-bond acceptors (Lipinski definition) is 10. The standard InChI is InChI=1S/C47H52ClN7O6/c1-46(2)44(47(3,4)45(46)60-33-11-7-30(25-49)36(48)24-33)51-41(57)29-5-8-31(9-6-29)53-17-15-28(16-18-53)26-52-19-21-54(22-20-52)32-10-12-34-35-27-55(37-13-14-39(56)50-42(37)58)43(59)40(35)61-38(34)23-32/h5-12,23-24,28,37,44-45H,13-22,26-27H2,1-4H3,(H,51,57)(H,50,56,58)/t37?,44-,45-. The van der Waals surface area contributed by atoms with Crippen LogP contribution in [0.2, 0.25) is 5.02 Å². The van der Waals surface area contributed by atoms with E-state index in [1.54, 1.807) is 18.2 Å². The first-order valence-corrected chi connectivity index (χ1v) is 21.8. The molecule has 9 rings (SSSR count). The minimum Gasteiger partial charge on any atom is -0.489 e. The Balaban J connectivity index is 0.727. The number of nitrogens with zero attached hydrogens (tertiary/aromatic N) is 5. The van der Waals surface area contributed by atoms with Crippen LogP contribution in [0.1, 0.15) is 85.4 Å². The minimum atomic E-state index is -0.661. The number of carbonyl (C=O) groups excluding carboxylic acids is 4. The van der Waals surface area contributed by atoms with E-state index in [0.29, 0.717) is 52.1 Å². The Kier molecular flexibility index (Phi) is 10.5. The van der Waals surface area contributed by atoms with Crippen molar-refractivity contribution < 1.29 is 28.3 Å². The molecule has 3 aromatic carbocycles. The number of benzene rings is 3. The minimum absolute atomic E-state index is 0.0993. The summed E-state index contributed by atoms with van der Waals surface area (Å²) in [5.41, 5.74) is 4.05. The lowest BCUT2D eigenvalue weighted by molar-refractivity contribution is -0.164. The number of ether oxygens (including phenoxy) is 1. The predicted molar refractivity (Wildman–Crippen MR) is 232 cm³/mol. The first-order valence-electron chi connectivity index (χ1n) is 21.4. The highest BCUT2D eigenvalue weighted by molar-refractivity contribution is 6.31. The highest BCUT2D eigenvalue weighted by atomic mass is 35.5. The van der Waals surface area contributed by atoms with Gasteiger partial charge >= 0.3 is 0 Å². The van der Waals surface area contributed by atoms with Crippen LogP contribution in [0.4, 0.5) is 11.4 Å². The topological polar surface area (TPSA) is 151 Å². The van der Waals surface area contributed by atoms with E-state index in [9.17, 15) is 24.4 Å². The fourth-order valence-corrected chi connectivity index (χ4v) is 11.0. The first kappa shape index (κ1) is 40.8. The fraction of sp³-hybridized carbons (Fsp3) is 0.468. The molecule has 4 aliphatic heterocycles. The van der Waals surface area contributed by atoms with Gasteiger partial charge in [0.25, 0.3) is 11.8 Å². The summed E-state index contributed by atoms with van der Waals surface area (Å²) in [6.45, 7) is 15.5. The average molecular weight is 846 g/mol. The number of rotatable bonds is 9. The highest BCUT2D eigenvalue weighted by Gasteiger charge is 2.64. The number of anilines is 2. The van der Waals surface area contributed by atoms with E-state index in [4.69, 9.17) is 20.8 Å². The Labute approximate surface area is 360 Å². The van der Waals surface area contributed by atoms with E-state index >= 15 is 0 Å². The summed E-state index contributed by atoms with van der Waals surface area (Å²) in [5.74, 6) is 0.401. The van der Waals surface area contributed by atoms with Gasteiger partial charge in [-0.1, -0.05) is 39.3 Å². The number of amides is 4. The third-order valence-electron chi connectivity index (χ3n) is 13.9. The van der Waals surface area contributed by atoms with E-state index in [1.807, 2.05) is 24.3 Å². The van der Waals surface area contributed by atoms with Gasteiger partial charge in [-0.15, -0.1) is 0 Å². The molecule has 1 unspecified atom stereocenters. The van der Waals surface area contributed by atoms with Crippen LogP contribution in [0.5, 0.6) is 5.75 Å². The van der Waals surface area contributed by atoms with Gasteiger partial charge in [0, 0.05) is 109 Å². The van der Waals surface area contributed by atoms with Gasteiger partial charge < -0.3 is 29.2 Å². The van der Waals surface area contributed by atoms with Gasteiger partial charge in [0.1, 0.15) is 29.5 Å². The number of hydrogen-bond donors (Lipinski definition) is 2. The van der Waals surface area contributed by atoms with Gasteiger partial charge in [-0.2, -0.15) is 5.26 Å². The molecule has 4 fully saturated rings. The lowest BCUT2D eigenvalue weighted by atomic mass is 9.49. The van der Waals surface area contributed by atoms with Crippen molar-refractivity contribution in [1.29, 1.82) is 5.26 Å². The molecule has 5 heterocycles. The molecular weight excluding hydrogens is 794 g/mol. The zero-order valence-electron chi connectivity index (χ0n) is 35.1. The van der Waals surface area contributed by atoms with Crippen molar-refractivity contribution in [2.45, 2.75) is 78.1 Å². The third-order valence-corrected chi connectivity index (χ3v) is 14.3. The van der Waals surface area contributed by atoms with Crippen LogP contribution >= 0.6 is 11.6 Å². The normalized spacial score (nSPS) is 24.0. The number of carbonyl (C=O) groups is 4. The molecule has 0 bridgehead atoms. The molecule has 13 nitrogen and oxygen atoms in total. The molecule has 14 heteroatoms. The number of fused-ring (bicyclic) bond motifs is 3. The molecule has 0 spiro atoms. The number of furan rings is 1. The van der Waals surface area contributed by atoms with Gasteiger partial charge in [-0.3, -0.25) is 29.4 Å². The summed E-state index contributed by atoms with van der Waals surface area (Å²) in [6, 6.07) is 20.5. The third kappa shape index (κ3) is 7.48. The van der Waals surface area contributed by atoms with Crippen molar-refractivity contribution in [2.75, 3.05) is 55.6 Å². The molecule has 2 N–H and O–H groups in total. The van der Waals surface area contributed by atoms with Crippen molar-refractivity contribution in [1.82, 2.24) is 20.4 Å². The summed E-state index contributed by atoms with van der Waals surface area (Å²) in [6.07, 6.45) is 2.61. The quantitative estimate of drug-likeness (QED) is 0.182. The van der Waals surface area contributed by atoms with Gasteiger partial charge in [0.15, 0.2) is 5.76 Å². The molecule has 1 saturated carbocycles. The molecule has 0 radical (unpaired) electrons. The maximum Gasteiger partial charge on any atom is 0.290 e. The zero-order chi connectivity index (χ0) is 42.8. The average Bonchev–Trinajstić information content (AvgIpc) is 3.77. The van der Waals surface area contributed by atoms with Gasteiger partial charge in [0.2, 0.25) is 11.8 Å². The Hall–Kier alpha value is -5.58. The SMILES string of the molecule is CC1(C)[C@H](NC(=O)c2ccc(N3CCC(CN4CCN(c5ccc6c7c(oc6c5)C(=O)N(C5CCC(=O)NC5=O)C7)CC4)CC3)cc2)C(C)(C)[C@H]1Oc1ccc(C#N)c(Cl)c1. The monoisotopic (exact) mass is 845 g/mol. The summed E-state index contributed by atoms with van der Waals surface area (Å²) in [5, 5.41) is 16.1. The van der Waals surface area contributed by atoms with Crippen molar-refractivity contribution >= 4 is 57.6 Å². The largest absolute Gasteiger partial charge is 0.489 e. The molecule has 1 aliphatic carbocycles. The number of halogens is 1. The second kappa shape index (κ2) is 15.7. The molecule has 1 atom stereocenters. The number of imide groups is 1. The van der Waals surface area contributed by atoms with E-state index in [-0.39, 0.29) is 47.1 Å². The molecule has 4 aromatic rings. The van der Waals surface area contributed by atoms with E-state index in [0.717, 1.165) is 81.0 Å². The van der Waals surface area contributed by atoms with Crippen LogP contribution in [0.25, 0.3) is 11.0 Å².